The first-order valence-electron chi connectivity index (χ1n) is 5.83. The average Bonchev–Trinajstić information content (AvgIpc) is 2.38. The minimum atomic E-state index is -0.582. The minimum absolute atomic E-state index is 0.236. The topological polar surface area (TPSA) is 78.6 Å². The van der Waals surface area contributed by atoms with Crippen LogP contribution in [0.2, 0.25) is 0 Å². The first-order valence-corrected chi connectivity index (χ1v) is 5.83. The Morgan fingerprint density at radius 3 is 2.56 bits per heavy atom. The molecule has 0 radical (unpaired) electrons. The highest BCUT2D eigenvalue weighted by Crippen LogP contribution is 2.25. The Labute approximate surface area is 106 Å². The number of para-hydroxylation sites is 1. The lowest BCUT2D eigenvalue weighted by atomic mass is 10.1. The summed E-state index contributed by atoms with van der Waals surface area (Å²) >= 11 is 0. The fourth-order valence-corrected chi connectivity index (χ4v) is 1.51. The van der Waals surface area contributed by atoms with Gasteiger partial charge in [0.25, 0.3) is 0 Å². The van der Waals surface area contributed by atoms with Gasteiger partial charge in [-0.25, -0.2) is 4.79 Å². The predicted molar refractivity (Wildman–Crippen MR) is 66.5 cm³/mol. The summed E-state index contributed by atoms with van der Waals surface area (Å²) < 4.78 is 10.0. The van der Waals surface area contributed by atoms with Gasteiger partial charge in [-0.05, 0) is 25.0 Å². The predicted octanol–water partition coefficient (Wildman–Crippen LogP) is 1.29. The van der Waals surface area contributed by atoms with Gasteiger partial charge in [-0.3, -0.25) is 4.79 Å². The standard InChI is InChI=1S/C13H17NO4/c1-3-9-6-5-7-10(13(16)17-4-2)12(9)18-11(15)8-14/h5-7H,3-4,8,14H2,1-2H3. The molecule has 0 aromatic heterocycles. The van der Waals surface area contributed by atoms with E-state index in [0.29, 0.717) is 6.42 Å². The van der Waals surface area contributed by atoms with Crippen molar-refractivity contribution in [3.8, 4) is 5.75 Å². The van der Waals surface area contributed by atoms with Crippen LogP contribution in [0, 0.1) is 0 Å². The first kappa shape index (κ1) is 14.2. The maximum atomic E-state index is 11.8. The van der Waals surface area contributed by atoms with Crippen LogP contribution in [0.15, 0.2) is 18.2 Å². The number of carbonyl (C=O) groups is 2. The van der Waals surface area contributed by atoms with Crippen LogP contribution in [-0.4, -0.2) is 25.1 Å². The van der Waals surface area contributed by atoms with Crippen molar-refractivity contribution < 1.29 is 19.1 Å². The summed E-state index contributed by atoms with van der Waals surface area (Å²) in [6.45, 7) is 3.65. The van der Waals surface area contributed by atoms with Gasteiger partial charge in [-0.2, -0.15) is 0 Å². The molecule has 0 fully saturated rings. The van der Waals surface area contributed by atoms with Crippen molar-refractivity contribution in [2.75, 3.05) is 13.2 Å². The largest absolute Gasteiger partial charge is 0.462 e. The molecule has 18 heavy (non-hydrogen) atoms. The van der Waals surface area contributed by atoms with Gasteiger partial charge in [0.15, 0.2) is 0 Å². The Hall–Kier alpha value is -1.88. The van der Waals surface area contributed by atoms with Crippen molar-refractivity contribution in [3.05, 3.63) is 29.3 Å². The number of aryl methyl sites for hydroxylation is 1. The number of rotatable bonds is 5. The fraction of sp³-hybridized carbons (Fsp3) is 0.385. The molecule has 98 valence electrons. The van der Waals surface area contributed by atoms with Crippen molar-refractivity contribution in [2.45, 2.75) is 20.3 Å². The normalized spacial score (nSPS) is 9.94. The molecule has 2 N–H and O–H groups in total. The van der Waals surface area contributed by atoms with E-state index in [4.69, 9.17) is 15.2 Å². The summed E-state index contributed by atoms with van der Waals surface area (Å²) in [6, 6.07) is 5.09. The van der Waals surface area contributed by atoms with Gasteiger partial charge in [0.1, 0.15) is 11.3 Å². The molecule has 0 saturated carbocycles. The Bertz CT molecular complexity index is 443. The number of hydrogen-bond donors (Lipinski definition) is 1. The number of benzene rings is 1. The molecule has 0 bridgehead atoms. The maximum absolute atomic E-state index is 11.8. The molecule has 0 aliphatic rings. The third kappa shape index (κ3) is 3.30. The highest BCUT2D eigenvalue weighted by Gasteiger charge is 2.18. The van der Waals surface area contributed by atoms with E-state index in [-0.39, 0.29) is 24.5 Å². The second-order valence-corrected chi connectivity index (χ2v) is 3.55. The van der Waals surface area contributed by atoms with E-state index < -0.39 is 11.9 Å². The highest BCUT2D eigenvalue weighted by molar-refractivity contribution is 5.94. The van der Waals surface area contributed by atoms with Crippen molar-refractivity contribution in [1.29, 1.82) is 0 Å². The molecule has 0 aliphatic carbocycles. The molecule has 0 aliphatic heterocycles. The van der Waals surface area contributed by atoms with E-state index in [9.17, 15) is 9.59 Å². The van der Waals surface area contributed by atoms with Gasteiger partial charge in [0.05, 0.1) is 13.2 Å². The van der Waals surface area contributed by atoms with Crippen LogP contribution in [0.4, 0.5) is 0 Å². The highest BCUT2D eigenvalue weighted by atomic mass is 16.5. The molecule has 0 saturated heterocycles. The SMILES string of the molecule is CCOC(=O)c1cccc(CC)c1OC(=O)CN. The summed E-state index contributed by atoms with van der Waals surface area (Å²) in [5.41, 5.74) is 6.22. The van der Waals surface area contributed by atoms with Gasteiger partial charge in [-0.1, -0.05) is 19.1 Å². The summed E-state index contributed by atoms with van der Waals surface area (Å²) in [7, 11) is 0. The van der Waals surface area contributed by atoms with Crippen LogP contribution in [-0.2, 0) is 16.0 Å². The number of hydrogen-bond acceptors (Lipinski definition) is 5. The molecular formula is C13H17NO4. The third-order valence-corrected chi connectivity index (χ3v) is 2.36. The van der Waals surface area contributed by atoms with Crippen LogP contribution in [0.5, 0.6) is 5.75 Å². The van der Waals surface area contributed by atoms with Crippen molar-refractivity contribution >= 4 is 11.9 Å². The maximum Gasteiger partial charge on any atom is 0.341 e. The van der Waals surface area contributed by atoms with Crippen LogP contribution in [0.3, 0.4) is 0 Å². The van der Waals surface area contributed by atoms with E-state index in [1.54, 1.807) is 25.1 Å². The summed E-state index contributed by atoms with van der Waals surface area (Å²) in [5.74, 6) is -0.844. The molecule has 0 amide bonds. The number of esters is 2. The number of carbonyl (C=O) groups excluding carboxylic acids is 2. The molecule has 0 heterocycles. The van der Waals surface area contributed by atoms with Gasteiger partial charge in [0, 0.05) is 0 Å². The van der Waals surface area contributed by atoms with E-state index in [0.717, 1.165) is 5.56 Å². The zero-order valence-corrected chi connectivity index (χ0v) is 10.6. The summed E-state index contributed by atoms with van der Waals surface area (Å²) in [5, 5.41) is 0. The van der Waals surface area contributed by atoms with Gasteiger partial charge >= 0.3 is 11.9 Å². The fourth-order valence-electron chi connectivity index (χ4n) is 1.51. The summed E-state index contributed by atoms with van der Waals surface area (Å²) in [6.07, 6.45) is 0.639. The molecule has 0 spiro atoms. The van der Waals surface area contributed by atoms with Gasteiger partial charge in [0.2, 0.25) is 0 Å². The molecule has 1 aromatic carbocycles. The lowest BCUT2D eigenvalue weighted by molar-refractivity contribution is -0.132. The van der Waals surface area contributed by atoms with Gasteiger partial charge in [-0.15, -0.1) is 0 Å². The molecule has 1 aromatic rings. The quantitative estimate of drug-likeness (QED) is 0.630. The van der Waals surface area contributed by atoms with Gasteiger partial charge < -0.3 is 15.2 Å². The third-order valence-electron chi connectivity index (χ3n) is 2.36. The molecule has 0 unspecified atom stereocenters. The van der Waals surface area contributed by atoms with E-state index in [1.807, 2.05) is 6.92 Å². The lowest BCUT2D eigenvalue weighted by Crippen LogP contribution is -2.21. The molecule has 5 nitrogen and oxygen atoms in total. The Morgan fingerprint density at radius 1 is 1.28 bits per heavy atom. The second-order valence-electron chi connectivity index (χ2n) is 3.55. The van der Waals surface area contributed by atoms with Crippen molar-refractivity contribution in [3.63, 3.8) is 0 Å². The van der Waals surface area contributed by atoms with E-state index in [2.05, 4.69) is 0 Å². The number of ether oxygens (including phenoxy) is 2. The average molecular weight is 251 g/mol. The number of nitrogens with two attached hydrogens (primary N) is 1. The monoisotopic (exact) mass is 251 g/mol. The summed E-state index contributed by atoms with van der Waals surface area (Å²) in [4.78, 5) is 23.0. The molecule has 5 heteroatoms. The lowest BCUT2D eigenvalue weighted by Gasteiger charge is -2.12. The van der Waals surface area contributed by atoms with Crippen molar-refractivity contribution in [2.24, 2.45) is 5.73 Å². The zero-order valence-electron chi connectivity index (χ0n) is 10.6. The van der Waals surface area contributed by atoms with Crippen LogP contribution in [0.25, 0.3) is 0 Å². The Morgan fingerprint density at radius 2 is 2.00 bits per heavy atom. The Balaban J connectivity index is 3.15. The minimum Gasteiger partial charge on any atom is -0.462 e. The van der Waals surface area contributed by atoms with Crippen molar-refractivity contribution in [1.82, 2.24) is 0 Å². The molecular weight excluding hydrogens is 234 g/mol. The van der Waals surface area contributed by atoms with E-state index >= 15 is 0 Å². The first-order chi connectivity index (χ1) is 8.63. The van der Waals surface area contributed by atoms with Crippen LogP contribution < -0.4 is 10.5 Å². The van der Waals surface area contributed by atoms with E-state index in [1.165, 1.54) is 0 Å². The zero-order chi connectivity index (χ0) is 13.5. The molecule has 0 atom stereocenters. The second kappa shape index (κ2) is 6.76. The molecule has 1 rings (SSSR count). The smallest absolute Gasteiger partial charge is 0.341 e. The Kier molecular flexibility index (Phi) is 5.32. The van der Waals surface area contributed by atoms with Crippen LogP contribution in [0.1, 0.15) is 29.8 Å². The van der Waals surface area contributed by atoms with Crippen LogP contribution >= 0.6 is 0 Å².